The minimum atomic E-state index is 0. The van der Waals surface area contributed by atoms with Gasteiger partial charge in [-0.2, -0.15) is 0 Å². The van der Waals surface area contributed by atoms with Crippen molar-refractivity contribution in [2.24, 2.45) is 0 Å². The monoisotopic (exact) mass is 834 g/mol. The van der Waals surface area contributed by atoms with Crippen LogP contribution in [-0.4, -0.2) is 9.97 Å². The van der Waals surface area contributed by atoms with Crippen molar-refractivity contribution in [2.75, 3.05) is 4.90 Å². The molecular weight excluding hydrogens is 806 g/mol. The normalized spacial score (nSPS) is 11.0. The van der Waals surface area contributed by atoms with E-state index in [0.717, 1.165) is 83.8 Å². The largest absolute Gasteiger partial charge is 2.00 e. The zero-order valence-electron chi connectivity index (χ0n) is 27.3. The molecule has 0 bridgehead atoms. The third-order valence-electron chi connectivity index (χ3n) is 8.93. The van der Waals surface area contributed by atoms with E-state index in [1.165, 1.54) is 0 Å². The molecule has 0 aliphatic carbocycles. The van der Waals surface area contributed by atoms with E-state index in [9.17, 15) is 0 Å². The van der Waals surface area contributed by atoms with Crippen LogP contribution in [0.4, 0.5) is 17.1 Å². The summed E-state index contributed by atoms with van der Waals surface area (Å²) < 4.78 is 6.08. The van der Waals surface area contributed by atoms with Crippen LogP contribution in [0.2, 0.25) is 0 Å². The molecule has 0 radical (unpaired) electrons. The van der Waals surface area contributed by atoms with Gasteiger partial charge in [0.05, 0.1) is 11.9 Å². The van der Waals surface area contributed by atoms with Crippen molar-refractivity contribution in [1.82, 2.24) is 9.97 Å². The number of pyridine rings is 2. The Hall–Kier alpha value is -6.09. The second-order valence-corrected chi connectivity index (χ2v) is 12.1. The number of rotatable bonds is 7. The van der Waals surface area contributed by atoms with E-state index in [4.69, 9.17) is 14.4 Å². The van der Waals surface area contributed by atoms with Crippen molar-refractivity contribution in [3.8, 4) is 44.8 Å². The van der Waals surface area contributed by atoms with Gasteiger partial charge < -0.3 is 19.3 Å². The van der Waals surface area contributed by atoms with Gasteiger partial charge in [0, 0.05) is 22.5 Å². The van der Waals surface area contributed by atoms with Crippen LogP contribution in [0.1, 0.15) is 0 Å². The quantitative estimate of drug-likeness (QED) is 0.150. The molecule has 3 aromatic heterocycles. The summed E-state index contributed by atoms with van der Waals surface area (Å²) in [6, 6.07) is 63.7. The molecule has 3 heterocycles. The zero-order valence-corrected chi connectivity index (χ0v) is 29.6. The SMILES string of the molecule is [Pt+2].[c-]1c(-c2cc3c(cn2)oc2ccccc23)cccc1N(c1[c-]c(-c2ccccn2)cc(-c2ccccc2)c1)c1ccccc1-c1ccccc1. The maximum absolute atomic E-state index is 6.08. The number of hydrogen-bond donors (Lipinski definition) is 0. The first-order chi connectivity index (χ1) is 24.8. The first-order valence-electron chi connectivity index (χ1n) is 16.6. The third kappa shape index (κ3) is 6.27. The molecular formula is C46H29N3OPt. The maximum atomic E-state index is 6.08. The number of nitrogens with zero attached hydrogens (tertiary/aromatic N) is 3. The molecule has 6 aromatic carbocycles. The molecule has 5 heteroatoms. The number of furan rings is 1. The van der Waals surface area contributed by atoms with E-state index < -0.39 is 0 Å². The second-order valence-electron chi connectivity index (χ2n) is 12.1. The average Bonchev–Trinajstić information content (AvgIpc) is 3.57. The fraction of sp³-hybridized carbons (Fsp3) is 0. The Morgan fingerprint density at radius 1 is 0.471 bits per heavy atom. The summed E-state index contributed by atoms with van der Waals surface area (Å²) in [7, 11) is 0. The van der Waals surface area contributed by atoms with E-state index in [0.29, 0.717) is 0 Å². The van der Waals surface area contributed by atoms with Gasteiger partial charge in [0.15, 0.2) is 5.58 Å². The zero-order chi connectivity index (χ0) is 33.3. The van der Waals surface area contributed by atoms with E-state index in [1.807, 2.05) is 60.9 Å². The molecule has 0 unspecified atom stereocenters. The summed E-state index contributed by atoms with van der Waals surface area (Å²) in [5, 5.41) is 2.09. The van der Waals surface area contributed by atoms with Crippen molar-refractivity contribution in [1.29, 1.82) is 0 Å². The van der Waals surface area contributed by atoms with Crippen LogP contribution in [0.25, 0.3) is 66.7 Å². The molecule has 0 saturated carbocycles. The van der Waals surface area contributed by atoms with E-state index in [-0.39, 0.29) is 21.1 Å². The predicted octanol–water partition coefficient (Wildman–Crippen LogP) is 12.1. The summed E-state index contributed by atoms with van der Waals surface area (Å²) in [6.07, 6.45) is 3.63. The first-order valence-corrected chi connectivity index (χ1v) is 16.6. The van der Waals surface area contributed by atoms with Crippen LogP contribution in [0, 0.1) is 12.1 Å². The Bertz CT molecular complexity index is 2550. The van der Waals surface area contributed by atoms with Crippen molar-refractivity contribution in [3.05, 3.63) is 188 Å². The molecule has 0 fully saturated rings. The summed E-state index contributed by atoms with van der Waals surface area (Å²) in [6.45, 7) is 0. The smallest absolute Gasteiger partial charge is 0.455 e. The maximum Gasteiger partial charge on any atom is 2.00 e. The fourth-order valence-corrected chi connectivity index (χ4v) is 6.57. The van der Waals surface area contributed by atoms with Crippen LogP contribution in [0.3, 0.4) is 0 Å². The number of anilines is 3. The summed E-state index contributed by atoms with van der Waals surface area (Å²) in [5.41, 5.74) is 12.2. The molecule has 0 atom stereocenters. The Balaban J connectivity index is 0.00000374. The fourth-order valence-electron chi connectivity index (χ4n) is 6.57. The van der Waals surface area contributed by atoms with Crippen LogP contribution in [0.15, 0.2) is 181 Å². The van der Waals surface area contributed by atoms with E-state index in [1.54, 1.807) is 0 Å². The molecule has 9 rings (SSSR count). The molecule has 0 aliphatic heterocycles. The predicted molar refractivity (Wildman–Crippen MR) is 203 cm³/mol. The van der Waals surface area contributed by atoms with E-state index >= 15 is 0 Å². The Morgan fingerprint density at radius 2 is 1.20 bits per heavy atom. The number of aromatic nitrogens is 2. The Morgan fingerprint density at radius 3 is 2.02 bits per heavy atom. The van der Waals surface area contributed by atoms with Gasteiger partial charge in [-0.15, -0.1) is 53.6 Å². The van der Waals surface area contributed by atoms with Crippen LogP contribution >= 0.6 is 0 Å². The summed E-state index contributed by atoms with van der Waals surface area (Å²) >= 11 is 0. The third-order valence-corrected chi connectivity index (χ3v) is 8.93. The van der Waals surface area contributed by atoms with Gasteiger partial charge in [0.25, 0.3) is 0 Å². The second kappa shape index (κ2) is 14.0. The van der Waals surface area contributed by atoms with Gasteiger partial charge in [-0.1, -0.05) is 121 Å². The summed E-state index contributed by atoms with van der Waals surface area (Å²) in [5.74, 6) is 0. The van der Waals surface area contributed by atoms with Gasteiger partial charge in [0.1, 0.15) is 5.58 Å². The van der Waals surface area contributed by atoms with Crippen molar-refractivity contribution in [3.63, 3.8) is 0 Å². The molecule has 0 N–H and O–H groups in total. The van der Waals surface area contributed by atoms with Gasteiger partial charge >= 0.3 is 21.1 Å². The number of fused-ring (bicyclic) bond motifs is 3. The number of hydrogen-bond acceptors (Lipinski definition) is 4. The molecule has 0 saturated heterocycles. The number of para-hydroxylation sites is 2. The molecule has 0 amide bonds. The molecule has 0 spiro atoms. The van der Waals surface area contributed by atoms with Gasteiger partial charge in [-0.25, -0.2) is 0 Å². The first kappa shape index (κ1) is 32.1. The molecule has 4 nitrogen and oxygen atoms in total. The molecule has 0 aliphatic rings. The topological polar surface area (TPSA) is 42.2 Å². The minimum Gasteiger partial charge on any atom is -0.455 e. The van der Waals surface area contributed by atoms with Gasteiger partial charge in [-0.3, -0.25) is 0 Å². The van der Waals surface area contributed by atoms with Crippen molar-refractivity contribution >= 4 is 39.0 Å². The number of benzene rings is 6. The van der Waals surface area contributed by atoms with Gasteiger partial charge in [0.2, 0.25) is 0 Å². The van der Waals surface area contributed by atoms with Crippen LogP contribution in [-0.2, 0) is 21.1 Å². The van der Waals surface area contributed by atoms with Gasteiger partial charge in [-0.05, 0) is 52.1 Å². The van der Waals surface area contributed by atoms with Crippen molar-refractivity contribution in [2.45, 2.75) is 0 Å². The van der Waals surface area contributed by atoms with Crippen molar-refractivity contribution < 1.29 is 25.5 Å². The molecule has 51 heavy (non-hydrogen) atoms. The average molecular weight is 835 g/mol. The Labute approximate surface area is 311 Å². The van der Waals surface area contributed by atoms with Crippen LogP contribution in [0.5, 0.6) is 0 Å². The molecule has 9 aromatic rings. The Kier molecular flexibility index (Phi) is 8.84. The standard InChI is InChI=1S/C46H29N3O.Pt/c1-3-14-32(15-4-1)35-26-36(42-22-11-12-25-47-42)29-38(28-35)49(44-23-9-7-20-39(44)33-16-5-2-6-17-33)37-19-13-18-34(27-37)43-30-41-40-21-8-10-24-45(40)50-46(41)31-48-43;/h1-26,28,30-31H;/q-2;+2. The van der Waals surface area contributed by atoms with Crippen LogP contribution < -0.4 is 4.90 Å². The summed E-state index contributed by atoms with van der Waals surface area (Å²) in [4.78, 5) is 11.8. The molecule has 244 valence electrons. The van der Waals surface area contributed by atoms with E-state index in [2.05, 4.69) is 132 Å². The minimum absolute atomic E-state index is 0.